The van der Waals surface area contributed by atoms with Crippen LogP contribution >= 0.6 is 11.3 Å². The molecule has 2 aromatic carbocycles. The lowest BCUT2D eigenvalue weighted by Gasteiger charge is -2.10. The van der Waals surface area contributed by atoms with Crippen molar-refractivity contribution in [3.63, 3.8) is 0 Å². The topological polar surface area (TPSA) is 89.6 Å². The molecule has 34 heavy (non-hydrogen) atoms. The molecule has 2 N–H and O–H groups in total. The number of benzene rings is 2. The minimum absolute atomic E-state index is 0.113. The van der Waals surface area contributed by atoms with E-state index in [2.05, 4.69) is 26.4 Å². The third-order valence-electron chi connectivity index (χ3n) is 4.43. The summed E-state index contributed by atoms with van der Waals surface area (Å²) in [6.07, 6.45) is -4.07. The zero-order valence-corrected chi connectivity index (χ0v) is 19.0. The largest absolute Gasteiger partial charge is 0.573 e. The smallest absolute Gasteiger partial charge is 0.484 e. The maximum Gasteiger partial charge on any atom is 0.573 e. The van der Waals surface area contributed by atoms with E-state index in [9.17, 15) is 22.8 Å². The minimum atomic E-state index is -4.78. The molecule has 0 atom stereocenters. The molecule has 7 nitrogen and oxygen atoms in total. The normalized spacial score (nSPS) is 11.1. The maximum atomic E-state index is 12.3. The van der Waals surface area contributed by atoms with E-state index in [1.54, 1.807) is 5.38 Å². The number of alkyl halides is 3. The van der Waals surface area contributed by atoms with Gasteiger partial charge in [0.15, 0.2) is 6.61 Å². The Morgan fingerprint density at radius 3 is 2.50 bits per heavy atom. The number of thiazole rings is 1. The molecule has 0 bridgehead atoms. The highest BCUT2D eigenvalue weighted by atomic mass is 32.1. The first-order valence-electron chi connectivity index (χ1n) is 10.2. The summed E-state index contributed by atoms with van der Waals surface area (Å²) in [5.74, 6) is -0.913. The van der Waals surface area contributed by atoms with Crippen LogP contribution in [0.1, 0.15) is 26.6 Å². The molecule has 0 radical (unpaired) electrons. The van der Waals surface area contributed by atoms with E-state index < -0.39 is 12.3 Å². The zero-order chi connectivity index (χ0) is 24.6. The number of hydrogen-bond donors (Lipinski definition) is 2. The lowest BCUT2D eigenvalue weighted by Crippen LogP contribution is -2.28. The van der Waals surface area contributed by atoms with Crippen molar-refractivity contribution in [2.75, 3.05) is 13.2 Å². The minimum Gasteiger partial charge on any atom is -0.484 e. The van der Waals surface area contributed by atoms with Gasteiger partial charge in [0.25, 0.3) is 11.8 Å². The van der Waals surface area contributed by atoms with Gasteiger partial charge >= 0.3 is 6.36 Å². The molecule has 0 spiro atoms. The second kappa shape index (κ2) is 11.5. The second-order valence-corrected chi connectivity index (χ2v) is 8.15. The Bertz CT molecular complexity index is 1120. The number of rotatable bonds is 10. The van der Waals surface area contributed by atoms with Crippen molar-refractivity contribution in [3.8, 4) is 11.5 Å². The van der Waals surface area contributed by atoms with Crippen molar-refractivity contribution in [1.82, 2.24) is 15.6 Å². The average molecular weight is 494 g/mol. The highest BCUT2D eigenvalue weighted by Gasteiger charge is 2.31. The van der Waals surface area contributed by atoms with Crippen LogP contribution in [0.15, 0.2) is 53.9 Å². The maximum absolute atomic E-state index is 12.3. The van der Waals surface area contributed by atoms with E-state index in [1.165, 1.54) is 23.5 Å². The Hall–Kier alpha value is -3.60. The number of carbonyl (C=O) groups is 2. The molecule has 3 aromatic rings. The van der Waals surface area contributed by atoms with Crippen LogP contribution in [0.4, 0.5) is 13.2 Å². The fourth-order valence-electron chi connectivity index (χ4n) is 2.89. The molecular weight excluding hydrogens is 471 g/mol. The number of halogens is 3. The average Bonchev–Trinajstić information content (AvgIpc) is 3.25. The highest BCUT2D eigenvalue weighted by Crippen LogP contribution is 2.24. The third kappa shape index (κ3) is 8.39. The van der Waals surface area contributed by atoms with Crippen molar-refractivity contribution in [2.24, 2.45) is 0 Å². The number of aryl methyl sites for hydroxylation is 1. The van der Waals surface area contributed by atoms with Gasteiger partial charge in [-0.15, -0.1) is 24.5 Å². The first kappa shape index (κ1) is 25.0. The highest BCUT2D eigenvalue weighted by molar-refractivity contribution is 7.09. The summed E-state index contributed by atoms with van der Waals surface area (Å²) in [4.78, 5) is 28.5. The van der Waals surface area contributed by atoms with Crippen molar-refractivity contribution in [1.29, 1.82) is 0 Å². The Morgan fingerprint density at radius 1 is 1.06 bits per heavy atom. The first-order chi connectivity index (χ1) is 16.2. The Morgan fingerprint density at radius 2 is 1.79 bits per heavy atom. The summed E-state index contributed by atoms with van der Waals surface area (Å²) >= 11 is 1.24. The van der Waals surface area contributed by atoms with Gasteiger partial charge in [0.05, 0.1) is 6.54 Å². The molecule has 0 fully saturated rings. The van der Waals surface area contributed by atoms with Crippen LogP contribution < -0.4 is 20.1 Å². The number of amides is 2. The van der Waals surface area contributed by atoms with E-state index >= 15 is 0 Å². The standard InChI is InChI=1S/C23H22F3N3O4S/c1-15-3-2-4-16(11-15)9-10-27-22(31)19-14-34-21(29-19)12-28-20(30)13-32-17-5-7-18(8-6-17)33-23(24,25)26/h2-8,11,14H,9-10,12-13H2,1H3,(H,27,31)(H,28,30). The molecule has 1 aromatic heterocycles. The Labute approximate surface area is 197 Å². The summed E-state index contributed by atoms with van der Waals surface area (Å²) < 4.78 is 45.5. The Balaban J connectivity index is 1.37. The lowest BCUT2D eigenvalue weighted by molar-refractivity contribution is -0.274. The van der Waals surface area contributed by atoms with E-state index in [1.807, 2.05) is 25.1 Å². The second-order valence-electron chi connectivity index (χ2n) is 7.21. The van der Waals surface area contributed by atoms with Crippen molar-refractivity contribution in [3.05, 3.63) is 75.7 Å². The summed E-state index contributed by atoms with van der Waals surface area (Å²) in [5, 5.41) is 7.60. The van der Waals surface area contributed by atoms with Crippen LogP contribution in [-0.2, 0) is 17.8 Å². The van der Waals surface area contributed by atoms with E-state index in [-0.39, 0.29) is 36.3 Å². The molecule has 2 amide bonds. The number of aromatic nitrogens is 1. The molecule has 0 aliphatic rings. The van der Waals surface area contributed by atoms with Gasteiger partial charge in [-0.1, -0.05) is 29.8 Å². The van der Waals surface area contributed by atoms with Crippen LogP contribution in [0, 0.1) is 6.92 Å². The van der Waals surface area contributed by atoms with Crippen LogP contribution in [0.25, 0.3) is 0 Å². The number of carbonyl (C=O) groups excluding carboxylic acids is 2. The van der Waals surface area contributed by atoms with Crippen LogP contribution in [-0.4, -0.2) is 36.3 Å². The van der Waals surface area contributed by atoms with Crippen molar-refractivity contribution in [2.45, 2.75) is 26.3 Å². The van der Waals surface area contributed by atoms with E-state index in [0.29, 0.717) is 18.0 Å². The summed E-state index contributed by atoms with van der Waals surface area (Å²) in [6, 6.07) is 12.8. The predicted octanol–water partition coefficient (Wildman–Crippen LogP) is 4.02. The molecule has 0 saturated heterocycles. The summed E-state index contributed by atoms with van der Waals surface area (Å²) in [6.45, 7) is 2.27. The molecule has 3 rings (SSSR count). The molecular formula is C23H22F3N3O4S. The van der Waals surface area contributed by atoms with Gasteiger partial charge in [0.1, 0.15) is 22.2 Å². The van der Waals surface area contributed by atoms with Gasteiger partial charge in [-0.2, -0.15) is 0 Å². The van der Waals surface area contributed by atoms with Crippen LogP contribution in [0.3, 0.4) is 0 Å². The van der Waals surface area contributed by atoms with Gasteiger partial charge in [0.2, 0.25) is 0 Å². The van der Waals surface area contributed by atoms with E-state index in [4.69, 9.17) is 4.74 Å². The number of hydrogen-bond acceptors (Lipinski definition) is 6. The van der Waals surface area contributed by atoms with Crippen molar-refractivity contribution >= 4 is 23.2 Å². The number of nitrogens with zero attached hydrogens (tertiary/aromatic N) is 1. The third-order valence-corrected chi connectivity index (χ3v) is 5.28. The molecule has 1 heterocycles. The van der Waals surface area contributed by atoms with Gasteiger partial charge in [-0.3, -0.25) is 9.59 Å². The van der Waals surface area contributed by atoms with Gasteiger partial charge in [-0.05, 0) is 43.2 Å². The first-order valence-corrected chi connectivity index (χ1v) is 11.1. The van der Waals surface area contributed by atoms with Crippen LogP contribution in [0.5, 0.6) is 11.5 Å². The van der Waals surface area contributed by atoms with Gasteiger partial charge in [-0.25, -0.2) is 4.98 Å². The molecule has 0 aliphatic heterocycles. The number of ether oxygens (including phenoxy) is 2. The van der Waals surface area contributed by atoms with E-state index in [0.717, 1.165) is 23.3 Å². The van der Waals surface area contributed by atoms with Crippen molar-refractivity contribution < 1.29 is 32.2 Å². The molecule has 0 aliphatic carbocycles. The molecule has 11 heteroatoms. The fraction of sp³-hybridized carbons (Fsp3) is 0.261. The molecule has 0 unspecified atom stereocenters. The quantitative estimate of drug-likeness (QED) is 0.445. The zero-order valence-electron chi connectivity index (χ0n) is 18.1. The summed E-state index contributed by atoms with van der Waals surface area (Å²) in [7, 11) is 0. The predicted molar refractivity (Wildman–Crippen MR) is 120 cm³/mol. The van der Waals surface area contributed by atoms with Crippen LogP contribution in [0.2, 0.25) is 0 Å². The Kier molecular flexibility index (Phi) is 8.47. The van der Waals surface area contributed by atoms with Gasteiger partial charge in [0, 0.05) is 11.9 Å². The number of nitrogens with one attached hydrogen (secondary N) is 2. The summed E-state index contributed by atoms with van der Waals surface area (Å²) in [5.41, 5.74) is 2.57. The molecule has 0 saturated carbocycles. The monoisotopic (exact) mass is 493 g/mol. The lowest BCUT2D eigenvalue weighted by atomic mass is 10.1. The SMILES string of the molecule is Cc1cccc(CCNC(=O)c2csc(CNC(=O)COc3ccc(OC(F)(F)F)cc3)n2)c1. The van der Waals surface area contributed by atoms with Gasteiger partial charge < -0.3 is 20.1 Å². The fourth-order valence-corrected chi connectivity index (χ4v) is 3.60. The molecule has 180 valence electrons.